The largest absolute Gasteiger partial charge is 0.251 e. The van der Waals surface area contributed by atoms with Gasteiger partial charge in [0.1, 0.15) is 5.92 Å². The summed E-state index contributed by atoms with van der Waals surface area (Å²) in [6, 6.07) is 12.1. The highest BCUT2D eigenvalue weighted by Crippen LogP contribution is 2.22. The van der Waals surface area contributed by atoms with Crippen molar-refractivity contribution in [3.05, 3.63) is 41.6 Å². The molecule has 3 heteroatoms. The first kappa shape index (κ1) is 10.9. The van der Waals surface area contributed by atoms with Crippen LogP contribution in [-0.4, -0.2) is 10.9 Å². The van der Waals surface area contributed by atoms with Gasteiger partial charge in [0, 0.05) is 11.3 Å². The number of alkyl halides is 1. The molecule has 0 radical (unpaired) electrons. The van der Waals surface area contributed by atoms with E-state index in [2.05, 4.69) is 17.1 Å². The van der Waals surface area contributed by atoms with Gasteiger partial charge in [-0.1, -0.05) is 18.2 Å². The van der Waals surface area contributed by atoms with E-state index in [-0.39, 0.29) is 11.8 Å². The van der Waals surface area contributed by atoms with Gasteiger partial charge >= 0.3 is 0 Å². The molecule has 0 spiro atoms. The van der Waals surface area contributed by atoms with E-state index in [9.17, 15) is 0 Å². The lowest BCUT2D eigenvalue weighted by Crippen LogP contribution is -2.03. The van der Waals surface area contributed by atoms with Crippen LogP contribution in [0.4, 0.5) is 0 Å². The Labute approximate surface area is 99.5 Å². The summed E-state index contributed by atoms with van der Waals surface area (Å²) in [7, 11) is 0. The number of rotatable bonds is 2. The second kappa shape index (κ2) is 4.51. The molecule has 0 N–H and O–H groups in total. The fraction of sp³-hybridized carbons (Fsp3) is 0.231. The van der Waals surface area contributed by atoms with Crippen molar-refractivity contribution in [3.8, 4) is 6.07 Å². The number of para-hydroxylation sites is 1. The van der Waals surface area contributed by atoms with Crippen molar-refractivity contribution in [2.24, 2.45) is 0 Å². The van der Waals surface area contributed by atoms with Crippen LogP contribution in [0.2, 0.25) is 0 Å². The Balaban J connectivity index is 2.63. The predicted octanol–water partition coefficient (Wildman–Crippen LogP) is 3.39. The van der Waals surface area contributed by atoms with Crippen molar-refractivity contribution in [2.75, 3.05) is 5.88 Å². The molecular weight excluding hydrogens is 220 g/mol. The highest BCUT2D eigenvalue weighted by molar-refractivity contribution is 6.18. The van der Waals surface area contributed by atoms with Crippen LogP contribution in [0.3, 0.4) is 0 Å². The zero-order chi connectivity index (χ0) is 11.5. The maximum Gasteiger partial charge on any atom is 0.102 e. The number of aromatic nitrogens is 1. The van der Waals surface area contributed by atoms with Crippen molar-refractivity contribution >= 4 is 22.5 Å². The third kappa shape index (κ3) is 1.87. The van der Waals surface area contributed by atoms with Gasteiger partial charge < -0.3 is 0 Å². The van der Waals surface area contributed by atoms with Gasteiger partial charge in [0.05, 0.1) is 17.3 Å². The normalized spacial score (nSPS) is 12.3. The fourth-order valence-electron chi connectivity index (χ4n) is 1.76. The van der Waals surface area contributed by atoms with E-state index in [0.29, 0.717) is 0 Å². The highest BCUT2D eigenvalue weighted by Gasteiger charge is 2.14. The van der Waals surface area contributed by atoms with Crippen molar-refractivity contribution in [3.63, 3.8) is 0 Å². The Hall–Kier alpha value is -1.59. The third-order valence-corrected chi connectivity index (χ3v) is 2.90. The predicted molar refractivity (Wildman–Crippen MR) is 65.6 cm³/mol. The molecular formula is C13H11ClN2. The summed E-state index contributed by atoms with van der Waals surface area (Å²) < 4.78 is 0. The Morgan fingerprint density at radius 3 is 2.88 bits per heavy atom. The fourth-order valence-corrected chi connectivity index (χ4v) is 1.97. The van der Waals surface area contributed by atoms with Gasteiger partial charge in [0.2, 0.25) is 0 Å². The van der Waals surface area contributed by atoms with E-state index >= 15 is 0 Å². The molecule has 0 amide bonds. The molecule has 1 aromatic carbocycles. The Morgan fingerprint density at radius 1 is 1.44 bits per heavy atom. The van der Waals surface area contributed by atoms with Crippen LogP contribution in [0.25, 0.3) is 10.9 Å². The molecule has 0 fully saturated rings. The number of pyridine rings is 1. The minimum Gasteiger partial charge on any atom is -0.251 e. The van der Waals surface area contributed by atoms with Crippen LogP contribution in [0.1, 0.15) is 17.2 Å². The summed E-state index contributed by atoms with van der Waals surface area (Å²) in [4.78, 5) is 4.51. The molecule has 80 valence electrons. The zero-order valence-electron chi connectivity index (χ0n) is 8.94. The maximum absolute atomic E-state index is 9.00. The van der Waals surface area contributed by atoms with Gasteiger partial charge in [-0.2, -0.15) is 5.26 Å². The number of halogens is 1. The number of aryl methyl sites for hydroxylation is 1. The maximum atomic E-state index is 9.00. The average Bonchev–Trinajstić information content (AvgIpc) is 2.31. The summed E-state index contributed by atoms with van der Waals surface area (Å²) in [6.07, 6.45) is 0. The molecule has 1 unspecified atom stereocenters. The lowest BCUT2D eigenvalue weighted by Gasteiger charge is -2.09. The van der Waals surface area contributed by atoms with Crippen LogP contribution in [-0.2, 0) is 0 Å². The van der Waals surface area contributed by atoms with Crippen LogP contribution in [0, 0.1) is 18.3 Å². The van der Waals surface area contributed by atoms with E-state index in [0.717, 1.165) is 22.2 Å². The average molecular weight is 231 g/mol. The van der Waals surface area contributed by atoms with Gasteiger partial charge in [-0.25, -0.2) is 0 Å². The van der Waals surface area contributed by atoms with E-state index in [1.807, 2.05) is 31.2 Å². The van der Waals surface area contributed by atoms with Crippen LogP contribution < -0.4 is 0 Å². The quantitative estimate of drug-likeness (QED) is 0.742. The third-order valence-electron chi connectivity index (χ3n) is 2.59. The zero-order valence-corrected chi connectivity index (χ0v) is 9.70. The summed E-state index contributed by atoms with van der Waals surface area (Å²) in [5.41, 5.74) is 2.72. The second-order valence-electron chi connectivity index (χ2n) is 3.72. The molecule has 0 aliphatic carbocycles. The molecule has 2 aromatic rings. The summed E-state index contributed by atoms with van der Waals surface area (Å²) in [5.74, 6) is -0.0471. The molecule has 1 aromatic heterocycles. The Morgan fingerprint density at radius 2 is 2.19 bits per heavy atom. The minimum absolute atomic E-state index is 0.280. The summed E-state index contributed by atoms with van der Waals surface area (Å²) in [6.45, 7) is 1.96. The van der Waals surface area contributed by atoms with E-state index in [1.165, 1.54) is 0 Å². The van der Waals surface area contributed by atoms with Gasteiger partial charge in [-0.3, -0.25) is 4.98 Å². The molecule has 16 heavy (non-hydrogen) atoms. The number of nitrogens with zero attached hydrogens (tertiary/aromatic N) is 2. The summed E-state index contributed by atoms with van der Waals surface area (Å²) >= 11 is 5.76. The van der Waals surface area contributed by atoms with Gasteiger partial charge in [-0.15, -0.1) is 11.6 Å². The van der Waals surface area contributed by atoms with E-state index in [4.69, 9.17) is 16.9 Å². The van der Waals surface area contributed by atoms with Gasteiger partial charge in [0.25, 0.3) is 0 Å². The highest BCUT2D eigenvalue weighted by atomic mass is 35.5. The molecule has 0 saturated heterocycles. The van der Waals surface area contributed by atoms with Crippen LogP contribution >= 0.6 is 11.6 Å². The molecule has 1 heterocycles. The molecule has 0 aliphatic rings. The molecule has 0 aliphatic heterocycles. The first-order chi connectivity index (χ1) is 7.76. The molecule has 2 rings (SSSR count). The minimum atomic E-state index is -0.328. The molecule has 1 atom stereocenters. The standard InChI is InChI=1S/C13H11ClN2/c1-9-6-10-4-2-3-5-12(10)16-13(9)11(7-14)8-15/h2-6,11H,7H2,1H3. The lowest BCUT2D eigenvalue weighted by atomic mass is 10.0. The van der Waals surface area contributed by atoms with Gasteiger partial charge in [-0.05, 0) is 24.6 Å². The first-order valence-electron chi connectivity index (χ1n) is 5.08. The van der Waals surface area contributed by atoms with Crippen molar-refractivity contribution < 1.29 is 0 Å². The number of hydrogen-bond donors (Lipinski definition) is 0. The van der Waals surface area contributed by atoms with Crippen LogP contribution in [0.5, 0.6) is 0 Å². The van der Waals surface area contributed by atoms with Crippen molar-refractivity contribution in [2.45, 2.75) is 12.8 Å². The molecule has 0 bridgehead atoms. The van der Waals surface area contributed by atoms with Crippen LogP contribution in [0.15, 0.2) is 30.3 Å². The topological polar surface area (TPSA) is 36.7 Å². The number of nitriles is 1. The van der Waals surface area contributed by atoms with Crippen molar-refractivity contribution in [1.82, 2.24) is 4.98 Å². The molecule has 2 nitrogen and oxygen atoms in total. The lowest BCUT2D eigenvalue weighted by molar-refractivity contribution is 0.922. The first-order valence-corrected chi connectivity index (χ1v) is 5.61. The second-order valence-corrected chi connectivity index (χ2v) is 4.03. The Kier molecular flexibility index (Phi) is 3.07. The molecule has 0 saturated carbocycles. The SMILES string of the molecule is Cc1cc2ccccc2nc1C(C#N)CCl. The number of benzene rings is 1. The van der Waals surface area contributed by atoms with Gasteiger partial charge in [0.15, 0.2) is 0 Å². The van der Waals surface area contributed by atoms with E-state index < -0.39 is 0 Å². The van der Waals surface area contributed by atoms with Crippen molar-refractivity contribution in [1.29, 1.82) is 5.26 Å². The Bertz CT molecular complexity index is 557. The smallest absolute Gasteiger partial charge is 0.102 e. The monoisotopic (exact) mass is 230 g/mol. The number of fused-ring (bicyclic) bond motifs is 1. The number of hydrogen-bond acceptors (Lipinski definition) is 2. The van der Waals surface area contributed by atoms with E-state index in [1.54, 1.807) is 0 Å². The summed E-state index contributed by atoms with van der Waals surface area (Å²) in [5, 5.41) is 10.1.